The topological polar surface area (TPSA) is 49.4 Å². The molecule has 0 aromatic rings. The molecule has 0 spiro atoms. The number of nitrogens with one attached hydrogen (secondary N) is 1. The van der Waals surface area contributed by atoms with Crippen molar-refractivity contribution >= 4 is 11.8 Å². The summed E-state index contributed by atoms with van der Waals surface area (Å²) in [7, 11) is 0. The van der Waals surface area contributed by atoms with Crippen LogP contribution >= 0.6 is 0 Å². The van der Waals surface area contributed by atoms with Crippen LogP contribution in [-0.4, -0.2) is 34.3 Å². The van der Waals surface area contributed by atoms with E-state index in [0.717, 1.165) is 11.8 Å². The van der Waals surface area contributed by atoms with Gasteiger partial charge in [-0.15, -0.1) is 0 Å². The second-order valence-electron chi connectivity index (χ2n) is 7.64. The second kappa shape index (κ2) is 4.99. The number of piperazine rings is 1. The van der Waals surface area contributed by atoms with Crippen molar-refractivity contribution in [3.05, 3.63) is 0 Å². The van der Waals surface area contributed by atoms with Gasteiger partial charge < -0.3 is 10.2 Å². The Balaban J connectivity index is 1.84. The summed E-state index contributed by atoms with van der Waals surface area (Å²) >= 11 is 0. The first kappa shape index (κ1) is 14.9. The van der Waals surface area contributed by atoms with Crippen molar-refractivity contribution in [3.8, 4) is 0 Å². The zero-order valence-electron chi connectivity index (χ0n) is 13.7. The highest BCUT2D eigenvalue weighted by atomic mass is 16.2. The summed E-state index contributed by atoms with van der Waals surface area (Å²) in [6, 6.07) is -0.161. The van der Waals surface area contributed by atoms with Crippen LogP contribution < -0.4 is 5.32 Å². The van der Waals surface area contributed by atoms with Crippen molar-refractivity contribution < 1.29 is 9.59 Å². The Labute approximate surface area is 127 Å². The van der Waals surface area contributed by atoms with Gasteiger partial charge in [0.25, 0.3) is 0 Å². The van der Waals surface area contributed by atoms with E-state index in [1.807, 2.05) is 25.7 Å². The Bertz CT molecular complexity index is 464. The molecule has 21 heavy (non-hydrogen) atoms. The highest BCUT2D eigenvalue weighted by Crippen LogP contribution is 2.50. The smallest absolute Gasteiger partial charge is 0.248 e. The van der Waals surface area contributed by atoms with E-state index >= 15 is 0 Å². The van der Waals surface area contributed by atoms with Gasteiger partial charge in [0.2, 0.25) is 11.8 Å². The first-order valence-electron chi connectivity index (χ1n) is 8.52. The number of rotatable bonds is 3. The van der Waals surface area contributed by atoms with Crippen LogP contribution in [0.3, 0.4) is 0 Å². The highest BCUT2D eigenvalue weighted by Gasteiger charge is 2.51. The predicted molar refractivity (Wildman–Crippen MR) is 81.5 cm³/mol. The molecule has 118 valence electrons. The number of nitrogens with zero attached hydrogens (tertiary/aromatic N) is 1. The third-order valence-electron chi connectivity index (χ3n) is 6.46. The van der Waals surface area contributed by atoms with Crippen LogP contribution in [0.25, 0.3) is 0 Å². The molecule has 1 heterocycles. The molecule has 1 saturated heterocycles. The van der Waals surface area contributed by atoms with Gasteiger partial charge in [0.1, 0.15) is 11.6 Å². The van der Waals surface area contributed by atoms with E-state index in [1.54, 1.807) is 0 Å². The van der Waals surface area contributed by atoms with Gasteiger partial charge in [-0.1, -0.05) is 13.3 Å². The predicted octanol–water partition coefficient (Wildman–Crippen LogP) is 2.33. The van der Waals surface area contributed by atoms with Crippen LogP contribution in [-0.2, 0) is 9.59 Å². The molecule has 6 unspecified atom stereocenters. The van der Waals surface area contributed by atoms with Crippen LogP contribution in [0.15, 0.2) is 0 Å². The zero-order valence-corrected chi connectivity index (χ0v) is 13.7. The number of carbonyl (C=O) groups excluding carboxylic acids is 2. The van der Waals surface area contributed by atoms with Crippen LogP contribution in [0.1, 0.15) is 59.8 Å². The normalized spacial score (nSPS) is 44.1. The SMILES string of the molecule is CCC1(C)NC(=O)C(C)N(C(C)C2CC3CCC2C3)C1=O. The lowest BCUT2D eigenvalue weighted by Crippen LogP contribution is -2.70. The van der Waals surface area contributed by atoms with Gasteiger partial charge in [-0.2, -0.15) is 0 Å². The average molecular weight is 292 g/mol. The molecule has 0 aromatic heterocycles. The number of fused-ring (bicyclic) bond motifs is 2. The minimum atomic E-state index is -0.727. The molecule has 3 rings (SSSR count). The lowest BCUT2D eigenvalue weighted by molar-refractivity contribution is -0.158. The van der Waals surface area contributed by atoms with Crippen molar-refractivity contribution in [1.29, 1.82) is 0 Å². The monoisotopic (exact) mass is 292 g/mol. The summed E-state index contributed by atoms with van der Waals surface area (Å²) in [6.45, 7) is 7.86. The maximum Gasteiger partial charge on any atom is 0.248 e. The van der Waals surface area contributed by atoms with Crippen molar-refractivity contribution in [1.82, 2.24) is 10.2 Å². The quantitative estimate of drug-likeness (QED) is 0.868. The van der Waals surface area contributed by atoms with Crippen LogP contribution in [0.5, 0.6) is 0 Å². The summed E-state index contributed by atoms with van der Waals surface area (Å²) in [5.41, 5.74) is -0.727. The summed E-state index contributed by atoms with van der Waals surface area (Å²) in [6.07, 6.45) is 5.90. The molecule has 1 aliphatic heterocycles. The van der Waals surface area contributed by atoms with Crippen LogP contribution in [0.4, 0.5) is 0 Å². The van der Waals surface area contributed by atoms with Gasteiger partial charge in [-0.05, 0) is 64.2 Å². The molecule has 6 atom stereocenters. The van der Waals surface area contributed by atoms with Gasteiger partial charge in [-0.3, -0.25) is 9.59 Å². The van der Waals surface area contributed by atoms with Gasteiger partial charge in [0.05, 0.1) is 0 Å². The molecule has 2 saturated carbocycles. The first-order valence-corrected chi connectivity index (χ1v) is 8.52. The zero-order chi connectivity index (χ0) is 15.4. The van der Waals surface area contributed by atoms with Gasteiger partial charge in [-0.25, -0.2) is 0 Å². The lowest BCUT2D eigenvalue weighted by atomic mass is 9.81. The van der Waals surface area contributed by atoms with Gasteiger partial charge in [0.15, 0.2) is 0 Å². The van der Waals surface area contributed by atoms with Crippen molar-refractivity contribution in [2.75, 3.05) is 0 Å². The third kappa shape index (κ3) is 2.18. The van der Waals surface area contributed by atoms with E-state index in [2.05, 4.69) is 12.2 Å². The Kier molecular flexibility index (Phi) is 3.53. The molecule has 2 bridgehead atoms. The Hall–Kier alpha value is -1.06. The molecule has 0 aromatic carbocycles. The van der Waals surface area contributed by atoms with Crippen molar-refractivity contribution in [3.63, 3.8) is 0 Å². The van der Waals surface area contributed by atoms with E-state index < -0.39 is 5.54 Å². The van der Waals surface area contributed by atoms with Gasteiger partial charge in [0, 0.05) is 6.04 Å². The number of hydrogen-bond acceptors (Lipinski definition) is 2. The fraction of sp³-hybridized carbons (Fsp3) is 0.882. The van der Waals surface area contributed by atoms with Crippen LogP contribution in [0.2, 0.25) is 0 Å². The summed E-state index contributed by atoms with van der Waals surface area (Å²) in [5.74, 6) is 2.32. The molecular formula is C17H28N2O2. The maximum absolute atomic E-state index is 12.9. The summed E-state index contributed by atoms with van der Waals surface area (Å²) in [4.78, 5) is 27.1. The lowest BCUT2D eigenvalue weighted by Gasteiger charge is -2.48. The number of carbonyl (C=O) groups is 2. The number of hydrogen-bond donors (Lipinski definition) is 1. The van der Waals surface area contributed by atoms with E-state index in [-0.39, 0.29) is 23.9 Å². The Morgan fingerprint density at radius 2 is 2.05 bits per heavy atom. The molecule has 0 radical (unpaired) electrons. The molecular weight excluding hydrogens is 264 g/mol. The first-order chi connectivity index (χ1) is 9.87. The van der Waals surface area contributed by atoms with Gasteiger partial charge >= 0.3 is 0 Å². The molecule has 3 aliphatic rings. The fourth-order valence-electron chi connectivity index (χ4n) is 4.89. The standard InChI is InChI=1S/C17H28N2O2/c1-5-17(4)16(21)19(11(3)15(20)18-17)10(2)14-9-12-6-7-13(14)8-12/h10-14H,5-9H2,1-4H3,(H,18,20). The Morgan fingerprint density at radius 3 is 2.57 bits per heavy atom. The van der Waals surface area contributed by atoms with Crippen molar-refractivity contribution in [2.24, 2.45) is 17.8 Å². The molecule has 2 amide bonds. The minimum absolute atomic E-state index is 0.00560. The molecule has 4 heteroatoms. The summed E-state index contributed by atoms with van der Waals surface area (Å²) < 4.78 is 0. The molecule has 4 nitrogen and oxygen atoms in total. The minimum Gasteiger partial charge on any atom is -0.340 e. The van der Waals surface area contributed by atoms with Crippen LogP contribution in [0, 0.1) is 17.8 Å². The third-order valence-corrected chi connectivity index (χ3v) is 6.46. The maximum atomic E-state index is 12.9. The van der Waals surface area contributed by atoms with Crippen molar-refractivity contribution in [2.45, 2.75) is 77.4 Å². The molecule has 2 aliphatic carbocycles. The van der Waals surface area contributed by atoms with E-state index in [9.17, 15) is 9.59 Å². The molecule has 1 N–H and O–H groups in total. The summed E-state index contributed by atoms with van der Waals surface area (Å²) in [5, 5.41) is 2.92. The number of amides is 2. The Morgan fingerprint density at radius 1 is 1.33 bits per heavy atom. The largest absolute Gasteiger partial charge is 0.340 e. The fourth-order valence-corrected chi connectivity index (χ4v) is 4.89. The van der Waals surface area contributed by atoms with E-state index in [1.165, 1.54) is 25.7 Å². The highest BCUT2D eigenvalue weighted by molar-refractivity contribution is 5.99. The average Bonchev–Trinajstić information content (AvgIpc) is 3.08. The molecule has 3 fully saturated rings. The van der Waals surface area contributed by atoms with E-state index in [4.69, 9.17) is 0 Å². The van der Waals surface area contributed by atoms with E-state index in [0.29, 0.717) is 12.3 Å². The second-order valence-corrected chi connectivity index (χ2v) is 7.64.